The first-order chi connectivity index (χ1) is 6.86. The molecule has 2 heterocycles. The van der Waals surface area contributed by atoms with Crippen LogP contribution in [0.25, 0.3) is 10.9 Å². The largest absolute Gasteiger partial charge is 0.343 e. The molecule has 1 aliphatic rings. The average Bonchev–Trinajstić information content (AvgIpc) is 2.65. The van der Waals surface area contributed by atoms with Crippen LogP contribution in [0.2, 0.25) is 0 Å². The molecule has 0 amide bonds. The summed E-state index contributed by atoms with van der Waals surface area (Å²) in [5, 5.41) is 0.829. The molecule has 0 radical (unpaired) electrons. The number of hydrogen-bond acceptors (Lipinski definition) is 2. The SMILES string of the molecule is O=c1[nH]c[nH+]c2ccc3c(c12)CCS3. The predicted octanol–water partition coefficient (Wildman–Crippen LogP) is 0.990. The smallest absolute Gasteiger partial charge is 0.246 e. The molecule has 2 N–H and O–H groups in total. The first-order valence-electron chi connectivity index (χ1n) is 4.54. The number of thioether (sulfide) groups is 1. The highest BCUT2D eigenvalue weighted by molar-refractivity contribution is 7.99. The molecule has 1 aromatic carbocycles. The first-order valence-corrected chi connectivity index (χ1v) is 5.52. The Balaban J connectivity index is 2.53. The van der Waals surface area contributed by atoms with Crippen LogP contribution in [0.15, 0.2) is 28.2 Å². The van der Waals surface area contributed by atoms with Crippen molar-refractivity contribution in [1.29, 1.82) is 0 Å². The van der Waals surface area contributed by atoms with Gasteiger partial charge >= 0.3 is 5.56 Å². The minimum absolute atomic E-state index is 0.0121. The molecule has 1 aliphatic heterocycles. The molecule has 0 unspecified atom stereocenters. The van der Waals surface area contributed by atoms with Gasteiger partial charge in [-0.25, -0.2) is 14.8 Å². The van der Waals surface area contributed by atoms with Gasteiger partial charge in [-0.3, -0.25) is 0 Å². The number of fused-ring (bicyclic) bond motifs is 3. The van der Waals surface area contributed by atoms with E-state index < -0.39 is 0 Å². The van der Waals surface area contributed by atoms with Gasteiger partial charge in [-0.05, 0) is 24.1 Å². The van der Waals surface area contributed by atoms with Crippen LogP contribution in [0.4, 0.5) is 0 Å². The van der Waals surface area contributed by atoms with Crippen molar-refractivity contribution in [2.24, 2.45) is 0 Å². The third kappa shape index (κ3) is 1.00. The van der Waals surface area contributed by atoms with Crippen LogP contribution in [0.1, 0.15) is 5.56 Å². The topological polar surface area (TPSA) is 47.0 Å². The molecule has 0 spiro atoms. The number of rotatable bonds is 0. The van der Waals surface area contributed by atoms with Gasteiger partial charge in [-0.15, -0.1) is 11.8 Å². The summed E-state index contributed by atoms with van der Waals surface area (Å²) in [5.41, 5.74) is 2.14. The van der Waals surface area contributed by atoms with Crippen molar-refractivity contribution in [3.63, 3.8) is 0 Å². The summed E-state index contributed by atoms with van der Waals surface area (Å²) in [6, 6.07) is 4.06. The molecule has 70 valence electrons. The highest BCUT2D eigenvalue weighted by atomic mass is 32.2. The van der Waals surface area contributed by atoms with Crippen LogP contribution >= 0.6 is 11.8 Å². The third-order valence-corrected chi connectivity index (χ3v) is 3.64. The molecule has 4 heteroatoms. The van der Waals surface area contributed by atoms with Crippen molar-refractivity contribution in [1.82, 2.24) is 4.98 Å². The van der Waals surface area contributed by atoms with E-state index >= 15 is 0 Å². The molecular weight excluding hydrogens is 196 g/mol. The molecule has 3 nitrogen and oxygen atoms in total. The lowest BCUT2D eigenvalue weighted by atomic mass is 10.1. The van der Waals surface area contributed by atoms with E-state index in [9.17, 15) is 4.79 Å². The van der Waals surface area contributed by atoms with Crippen molar-refractivity contribution in [3.8, 4) is 0 Å². The Morgan fingerprint density at radius 3 is 3.29 bits per heavy atom. The third-order valence-electron chi connectivity index (χ3n) is 2.54. The number of hydrogen-bond donors (Lipinski definition) is 1. The second kappa shape index (κ2) is 2.85. The molecule has 0 fully saturated rings. The molecule has 0 aliphatic carbocycles. The minimum Gasteiger partial charge on any atom is -0.246 e. The monoisotopic (exact) mass is 205 g/mol. The summed E-state index contributed by atoms with van der Waals surface area (Å²) in [4.78, 5) is 18.6. The van der Waals surface area contributed by atoms with Crippen LogP contribution in [0.3, 0.4) is 0 Å². The van der Waals surface area contributed by atoms with E-state index in [-0.39, 0.29) is 5.56 Å². The van der Waals surface area contributed by atoms with Gasteiger partial charge in [0.05, 0.1) is 0 Å². The fourth-order valence-electron chi connectivity index (χ4n) is 1.91. The number of aromatic amines is 2. The molecule has 0 saturated heterocycles. The van der Waals surface area contributed by atoms with Crippen molar-refractivity contribution in [2.45, 2.75) is 11.3 Å². The van der Waals surface area contributed by atoms with Gasteiger partial charge in [0.1, 0.15) is 10.9 Å². The van der Waals surface area contributed by atoms with Crippen LogP contribution < -0.4 is 10.5 Å². The van der Waals surface area contributed by atoms with Crippen molar-refractivity contribution in [2.75, 3.05) is 5.75 Å². The summed E-state index contributed by atoms with van der Waals surface area (Å²) in [5.74, 6) is 1.09. The Hall–Kier alpha value is -1.29. The van der Waals surface area contributed by atoms with Crippen molar-refractivity contribution in [3.05, 3.63) is 34.4 Å². The number of aryl methyl sites for hydroxylation is 1. The molecule has 3 rings (SSSR count). The van der Waals surface area contributed by atoms with Gasteiger partial charge in [0, 0.05) is 10.6 Å². The van der Waals surface area contributed by atoms with Crippen LogP contribution in [0.5, 0.6) is 0 Å². The Morgan fingerprint density at radius 2 is 2.36 bits per heavy atom. The van der Waals surface area contributed by atoms with Gasteiger partial charge in [0.2, 0.25) is 6.33 Å². The quantitative estimate of drug-likeness (QED) is 0.697. The molecule has 14 heavy (non-hydrogen) atoms. The van der Waals surface area contributed by atoms with Gasteiger partial charge in [0.15, 0.2) is 0 Å². The fraction of sp³-hybridized carbons (Fsp3) is 0.200. The summed E-state index contributed by atoms with van der Waals surface area (Å²) >= 11 is 1.82. The fourth-order valence-corrected chi connectivity index (χ4v) is 2.98. The number of H-pyrrole nitrogens is 2. The Bertz CT molecular complexity index is 562. The maximum atomic E-state index is 11.7. The van der Waals surface area contributed by atoms with Gasteiger partial charge in [-0.1, -0.05) is 0 Å². The molecule has 1 aromatic heterocycles. The van der Waals surface area contributed by atoms with Crippen LogP contribution in [0, 0.1) is 0 Å². The minimum atomic E-state index is 0.0121. The second-order valence-electron chi connectivity index (χ2n) is 3.33. The molecule has 0 atom stereocenters. The number of aromatic nitrogens is 2. The Labute approximate surface area is 84.6 Å². The lowest BCUT2D eigenvalue weighted by Gasteiger charge is -1.98. The molecule has 0 saturated carbocycles. The van der Waals surface area contributed by atoms with E-state index in [4.69, 9.17) is 0 Å². The van der Waals surface area contributed by atoms with Crippen molar-refractivity contribution < 1.29 is 4.98 Å². The van der Waals surface area contributed by atoms with Crippen LogP contribution in [-0.4, -0.2) is 10.7 Å². The van der Waals surface area contributed by atoms with E-state index in [1.807, 2.05) is 17.8 Å². The van der Waals surface area contributed by atoms with E-state index in [0.717, 1.165) is 23.1 Å². The number of nitrogens with one attached hydrogen (secondary N) is 2. The highest BCUT2D eigenvalue weighted by Crippen LogP contribution is 2.33. The van der Waals surface area contributed by atoms with Crippen LogP contribution in [-0.2, 0) is 6.42 Å². The molecular formula is C10H9N2OS+. The van der Waals surface area contributed by atoms with Gasteiger partial charge in [-0.2, -0.15) is 0 Å². The molecule has 0 bridgehead atoms. The van der Waals surface area contributed by atoms with E-state index in [2.05, 4.69) is 16.0 Å². The Kier molecular flexibility index (Phi) is 1.64. The normalized spacial score (nSPS) is 14.6. The summed E-state index contributed by atoms with van der Waals surface area (Å²) in [6.45, 7) is 0. The Morgan fingerprint density at radius 1 is 1.43 bits per heavy atom. The van der Waals surface area contributed by atoms with E-state index in [0.29, 0.717) is 0 Å². The van der Waals surface area contributed by atoms with Gasteiger partial charge in [0.25, 0.3) is 0 Å². The maximum Gasteiger partial charge on any atom is 0.343 e. The van der Waals surface area contributed by atoms with Crippen molar-refractivity contribution >= 4 is 22.7 Å². The maximum absolute atomic E-state index is 11.7. The first kappa shape index (κ1) is 8.05. The van der Waals surface area contributed by atoms with E-state index in [1.54, 1.807) is 6.33 Å². The zero-order valence-corrected chi connectivity index (χ0v) is 8.28. The standard InChI is InChI=1S/C10H8N2OS/c13-10-9-6-3-4-14-8(6)2-1-7(9)11-5-12-10/h1-2,5H,3-4H2,(H,11,12,13)/p+1. The number of benzene rings is 1. The summed E-state index contributed by atoms with van der Waals surface area (Å²) in [6.07, 6.45) is 2.58. The predicted molar refractivity (Wildman–Crippen MR) is 55.6 cm³/mol. The zero-order chi connectivity index (χ0) is 9.54. The second-order valence-corrected chi connectivity index (χ2v) is 4.46. The van der Waals surface area contributed by atoms with E-state index in [1.165, 1.54) is 10.5 Å². The summed E-state index contributed by atoms with van der Waals surface area (Å²) < 4.78 is 0. The lowest BCUT2D eigenvalue weighted by Crippen LogP contribution is -2.17. The highest BCUT2D eigenvalue weighted by Gasteiger charge is 2.18. The lowest BCUT2D eigenvalue weighted by molar-refractivity contribution is -0.349. The zero-order valence-electron chi connectivity index (χ0n) is 7.46. The summed E-state index contributed by atoms with van der Waals surface area (Å²) in [7, 11) is 0. The molecule has 2 aromatic rings. The van der Waals surface area contributed by atoms with Gasteiger partial charge < -0.3 is 0 Å². The average molecular weight is 205 g/mol.